The number of aliphatic hydroxyl groups is 1. The minimum absolute atomic E-state index is 0.111. The summed E-state index contributed by atoms with van der Waals surface area (Å²) in [5.41, 5.74) is 15.1. The van der Waals surface area contributed by atoms with Crippen molar-refractivity contribution in [2.75, 3.05) is 18.2 Å². The number of rotatable bonds is 7. The number of carboxylic acid groups (broad SMARTS) is 1. The molecular formula is C43H37Cl3N4O8. The maximum atomic E-state index is 12.3. The van der Waals surface area contributed by atoms with Gasteiger partial charge in [-0.1, -0.05) is 126 Å². The van der Waals surface area contributed by atoms with Crippen molar-refractivity contribution in [1.82, 2.24) is 0 Å². The number of fused-ring (bicyclic) bond motifs is 1. The summed E-state index contributed by atoms with van der Waals surface area (Å²) in [4.78, 5) is 50.7. The molecule has 8 N–H and O–H groups in total. The summed E-state index contributed by atoms with van der Waals surface area (Å²) in [7, 11) is 1.18. The molecule has 0 fully saturated rings. The van der Waals surface area contributed by atoms with E-state index in [2.05, 4.69) is 15.2 Å². The molecule has 0 bridgehead atoms. The van der Waals surface area contributed by atoms with E-state index in [9.17, 15) is 19.5 Å². The van der Waals surface area contributed by atoms with Gasteiger partial charge in [-0.05, 0) is 60.2 Å². The Morgan fingerprint density at radius 1 is 0.690 bits per heavy atom. The van der Waals surface area contributed by atoms with Crippen molar-refractivity contribution in [3.05, 3.63) is 194 Å². The molecule has 0 saturated carbocycles. The van der Waals surface area contributed by atoms with E-state index in [0.717, 1.165) is 0 Å². The van der Waals surface area contributed by atoms with Crippen molar-refractivity contribution in [2.45, 2.75) is 5.60 Å². The van der Waals surface area contributed by atoms with Gasteiger partial charge in [-0.2, -0.15) is 0 Å². The Labute approximate surface area is 348 Å². The first kappa shape index (κ1) is 46.0. The summed E-state index contributed by atoms with van der Waals surface area (Å²) >= 11 is 17.7. The lowest BCUT2D eigenvalue weighted by Gasteiger charge is -2.24. The molecule has 0 spiro atoms. The smallest absolute Gasteiger partial charge is 0.290 e. The molecule has 298 valence electrons. The monoisotopic (exact) mass is 842 g/mol. The average Bonchev–Trinajstić information content (AvgIpc) is 3.49. The highest BCUT2D eigenvalue weighted by atomic mass is 35.5. The van der Waals surface area contributed by atoms with Crippen LogP contribution in [0.3, 0.4) is 0 Å². The van der Waals surface area contributed by atoms with Gasteiger partial charge < -0.3 is 27.0 Å². The molecular weight excluding hydrogens is 807 g/mol. The van der Waals surface area contributed by atoms with Crippen LogP contribution in [0, 0.1) is 0 Å². The third-order valence-corrected chi connectivity index (χ3v) is 8.63. The number of nitrogen functional groups attached to an aromatic ring is 1. The third-order valence-electron chi connectivity index (χ3n) is 7.92. The van der Waals surface area contributed by atoms with Gasteiger partial charge in [0.2, 0.25) is 6.41 Å². The van der Waals surface area contributed by atoms with E-state index in [1.54, 1.807) is 91.0 Å². The topological polar surface area (TPSA) is 215 Å². The van der Waals surface area contributed by atoms with Gasteiger partial charge in [0.1, 0.15) is 5.84 Å². The fraction of sp³-hybridized carbons (Fsp3) is 0.0465. The zero-order chi connectivity index (χ0) is 42.7. The van der Waals surface area contributed by atoms with Crippen molar-refractivity contribution in [3.63, 3.8) is 0 Å². The Hall–Kier alpha value is -6.38. The number of ketones is 2. The standard InChI is InChI=1S/C14H11ClN2O.C14H10ClNO2.C13H10ClNO.CH4O2.CH2O2/c15-10-6-7-12-11(8-10)14(18,13(16)17-12)9-4-2-1-3-5-9;15-11-6-7-13(16-9-17)12(8-11)14(18)10-4-2-1-3-5-10;14-10-6-7-12(15)11(8-10)13(16)9-4-2-1-3-5-9;1-3-2;2-1-3/h1-8,18H,(H2,16,17);1-9H,(H,16,17);1-8H,15H2;2H,1H3;1H,(H,2,3). The van der Waals surface area contributed by atoms with Gasteiger partial charge in [0.15, 0.2) is 17.2 Å². The lowest BCUT2D eigenvalue weighted by atomic mass is 9.86. The van der Waals surface area contributed by atoms with Gasteiger partial charge in [-0.3, -0.25) is 24.4 Å². The fourth-order valence-electron chi connectivity index (χ4n) is 5.34. The molecule has 1 aliphatic rings. The van der Waals surface area contributed by atoms with Gasteiger partial charge in [-0.15, -0.1) is 0 Å². The molecule has 0 aromatic heterocycles. The van der Waals surface area contributed by atoms with Crippen LogP contribution in [-0.4, -0.2) is 52.9 Å². The van der Waals surface area contributed by atoms with Crippen molar-refractivity contribution in [2.24, 2.45) is 10.7 Å². The van der Waals surface area contributed by atoms with Gasteiger partial charge >= 0.3 is 0 Å². The Balaban J connectivity index is 0.000000218. The number of anilines is 2. The van der Waals surface area contributed by atoms with Gasteiger partial charge in [0, 0.05) is 48.6 Å². The van der Waals surface area contributed by atoms with Crippen molar-refractivity contribution >= 4 is 82.1 Å². The molecule has 1 unspecified atom stereocenters. The maximum absolute atomic E-state index is 12.3. The third kappa shape index (κ3) is 12.3. The van der Waals surface area contributed by atoms with E-state index in [-0.39, 0.29) is 23.9 Å². The normalized spacial score (nSPS) is 13.0. The van der Waals surface area contributed by atoms with Crippen molar-refractivity contribution in [3.8, 4) is 0 Å². The van der Waals surface area contributed by atoms with Crippen LogP contribution in [0.2, 0.25) is 15.1 Å². The lowest BCUT2D eigenvalue weighted by molar-refractivity contribution is -0.214. The molecule has 0 saturated heterocycles. The number of carbonyl (C=O) groups excluding carboxylic acids is 3. The molecule has 1 atom stereocenters. The summed E-state index contributed by atoms with van der Waals surface area (Å²) in [6.45, 7) is -0.250. The number of nitrogens with zero attached hydrogens (tertiary/aromatic N) is 1. The number of nitrogens with two attached hydrogens (primary N) is 2. The highest BCUT2D eigenvalue weighted by Crippen LogP contribution is 2.42. The predicted octanol–water partition coefficient (Wildman–Crippen LogP) is 8.68. The van der Waals surface area contributed by atoms with E-state index in [0.29, 0.717) is 71.9 Å². The molecule has 58 heavy (non-hydrogen) atoms. The summed E-state index contributed by atoms with van der Waals surface area (Å²) in [6, 6.07) is 41.9. The van der Waals surface area contributed by atoms with E-state index in [4.69, 9.17) is 61.4 Å². The molecule has 0 aliphatic carbocycles. The molecule has 15 heteroatoms. The van der Waals surface area contributed by atoms with Crippen LogP contribution in [0.15, 0.2) is 151 Å². The largest absolute Gasteiger partial charge is 0.483 e. The van der Waals surface area contributed by atoms with Crippen LogP contribution in [0.4, 0.5) is 17.1 Å². The van der Waals surface area contributed by atoms with Gasteiger partial charge in [0.05, 0.1) is 18.5 Å². The van der Waals surface area contributed by atoms with Crippen LogP contribution < -0.4 is 16.8 Å². The van der Waals surface area contributed by atoms with Crippen LogP contribution in [0.5, 0.6) is 0 Å². The molecule has 12 nitrogen and oxygen atoms in total. The summed E-state index contributed by atoms with van der Waals surface area (Å²) < 4.78 is 0. The zero-order valence-corrected chi connectivity index (χ0v) is 32.9. The fourth-order valence-corrected chi connectivity index (χ4v) is 5.85. The van der Waals surface area contributed by atoms with E-state index < -0.39 is 5.60 Å². The number of hydrogen-bond donors (Lipinski definition) is 6. The first-order valence-electron chi connectivity index (χ1n) is 16.8. The average molecular weight is 844 g/mol. The van der Waals surface area contributed by atoms with E-state index >= 15 is 0 Å². The van der Waals surface area contributed by atoms with Gasteiger partial charge in [0.25, 0.3) is 6.47 Å². The van der Waals surface area contributed by atoms with Crippen molar-refractivity contribution in [1.29, 1.82) is 0 Å². The molecule has 1 heterocycles. The number of benzene rings is 6. The van der Waals surface area contributed by atoms with E-state index in [1.807, 2.05) is 54.6 Å². The van der Waals surface area contributed by atoms with Crippen LogP contribution in [0.25, 0.3) is 0 Å². The minimum Gasteiger partial charge on any atom is -0.483 e. The Morgan fingerprint density at radius 3 is 1.64 bits per heavy atom. The first-order chi connectivity index (χ1) is 27.8. The second-order valence-corrected chi connectivity index (χ2v) is 12.9. The first-order valence-corrected chi connectivity index (χ1v) is 17.9. The molecule has 6 aromatic rings. The van der Waals surface area contributed by atoms with Gasteiger partial charge in [-0.25, -0.2) is 9.88 Å². The molecule has 1 amide bonds. The Bertz CT molecular complexity index is 2330. The van der Waals surface area contributed by atoms with Crippen LogP contribution in [0.1, 0.15) is 43.0 Å². The SMILES string of the molecule is COO.NC1=Nc2ccc(Cl)cc2C1(O)c1ccccc1.Nc1ccc(Cl)cc1C(=O)c1ccccc1.O=CNc1ccc(Cl)cc1C(=O)c1ccccc1.O=CO. The Morgan fingerprint density at radius 2 is 1.12 bits per heavy atom. The number of hydrogen-bond acceptors (Lipinski definition) is 10. The van der Waals surface area contributed by atoms with E-state index in [1.165, 1.54) is 7.11 Å². The summed E-state index contributed by atoms with van der Waals surface area (Å²) in [5.74, 6) is -0.117. The van der Waals surface area contributed by atoms with Crippen LogP contribution in [-0.2, 0) is 20.1 Å². The number of carbonyl (C=O) groups is 4. The molecule has 0 radical (unpaired) electrons. The molecule has 1 aliphatic heterocycles. The quantitative estimate of drug-likeness (QED) is 0.0296. The number of amides is 1. The second-order valence-electron chi connectivity index (χ2n) is 11.6. The minimum atomic E-state index is -1.39. The molecule has 7 rings (SSSR count). The summed E-state index contributed by atoms with van der Waals surface area (Å²) in [5, 5.41) is 28.9. The number of amidine groups is 1. The number of nitrogens with one attached hydrogen (secondary N) is 1. The molecule has 6 aromatic carbocycles. The predicted molar refractivity (Wildman–Crippen MR) is 227 cm³/mol. The Kier molecular flexibility index (Phi) is 18.2. The highest BCUT2D eigenvalue weighted by Gasteiger charge is 2.42. The van der Waals surface area contributed by atoms with Crippen molar-refractivity contribution < 1.29 is 39.5 Å². The number of aliphatic imine (C=N–C) groups is 1. The van der Waals surface area contributed by atoms with Crippen LogP contribution >= 0.6 is 34.8 Å². The highest BCUT2D eigenvalue weighted by molar-refractivity contribution is 6.32. The summed E-state index contributed by atoms with van der Waals surface area (Å²) in [6.07, 6.45) is 0.533. The maximum Gasteiger partial charge on any atom is 0.290 e. The lowest BCUT2D eigenvalue weighted by Crippen LogP contribution is -2.39. The zero-order valence-electron chi connectivity index (χ0n) is 30.6. The number of halogens is 3. The second kappa shape index (κ2) is 23.0.